The van der Waals surface area contributed by atoms with E-state index in [1.54, 1.807) is 0 Å². The van der Waals surface area contributed by atoms with Gasteiger partial charge in [-0.15, -0.1) is 0 Å². The zero-order valence-corrected chi connectivity index (χ0v) is 18.1. The fourth-order valence-corrected chi connectivity index (χ4v) is 3.07. The molecule has 4 aromatic carbocycles. The molecular weight excluding hydrogens is 480 g/mol. The lowest BCUT2D eigenvalue weighted by Crippen LogP contribution is -1.82. The molecule has 0 saturated heterocycles. The molecule has 28 heavy (non-hydrogen) atoms. The van der Waals surface area contributed by atoms with Crippen LogP contribution in [0.15, 0.2) is 118 Å². The second-order valence-corrected chi connectivity index (χ2v) is 7.58. The second kappa shape index (κ2) is 10.7. The molecule has 0 radical (unpaired) electrons. The highest BCUT2D eigenvalue weighted by Crippen LogP contribution is 2.24. The number of rotatable bonds is 4. The van der Waals surface area contributed by atoms with Crippen LogP contribution in [0, 0.1) is 0 Å². The fraction of sp³-hybridized carbons (Fsp3) is 0. The van der Waals surface area contributed by atoms with Gasteiger partial charge in [-0.3, -0.25) is 0 Å². The topological polar surface area (TPSA) is 18.5 Å². The van der Waals surface area contributed by atoms with Gasteiger partial charge in [0, 0.05) is 8.95 Å². The largest absolute Gasteiger partial charge is 0.457 e. The average Bonchev–Trinajstić information content (AvgIpc) is 2.70. The van der Waals surface area contributed by atoms with E-state index in [-0.39, 0.29) is 0 Å². The molecule has 0 aromatic heterocycles. The molecule has 0 amide bonds. The fourth-order valence-electron chi connectivity index (χ4n) is 2.31. The number of hydrogen-bond donors (Lipinski definition) is 0. The minimum atomic E-state index is 0.838. The number of para-hydroxylation sites is 2. The lowest BCUT2D eigenvalue weighted by Gasteiger charge is -2.04. The highest BCUT2D eigenvalue weighted by molar-refractivity contribution is 9.10. The molecule has 0 N–H and O–H groups in total. The molecule has 4 rings (SSSR count). The van der Waals surface area contributed by atoms with Crippen molar-refractivity contribution in [2.75, 3.05) is 0 Å². The normalized spacial score (nSPS) is 9.79. The van der Waals surface area contributed by atoms with Gasteiger partial charge in [0.25, 0.3) is 0 Å². The summed E-state index contributed by atoms with van der Waals surface area (Å²) in [5, 5.41) is 0. The molecule has 140 valence electrons. The van der Waals surface area contributed by atoms with Gasteiger partial charge in [-0.2, -0.15) is 0 Å². The molecule has 0 aliphatic heterocycles. The SMILES string of the molecule is Brc1cccc(Oc2ccccc2)c1.Brc1cccc(Oc2ccccc2)c1. The maximum atomic E-state index is 5.63. The first-order valence-corrected chi connectivity index (χ1v) is 10.2. The monoisotopic (exact) mass is 496 g/mol. The Bertz CT molecular complexity index is 906. The number of benzene rings is 4. The van der Waals surface area contributed by atoms with Crippen molar-refractivity contribution in [2.45, 2.75) is 0 Å². The first-order valence-electron chi connectivity index (χ1n) is 8.66. The van der Waals surface area contributed by atoms with Crippen molar-refractivity contribution in [2.24, 2.45) is 0 Å². The van der Waals surface area contributed by atoms with Crippen molar-refractivity contribution < 1.29 is 9.47 Å². The molecule has 0 aliphatic carbocycles. The van der Waals surface area contributed by atoms with E-state index >= 15 is 0 Å². The summed E-state index contributed by atoms with van der Waals surface area (Å²) in [4.78, 5) is 0. The van der Waals surface area contributed by atoms with Gasteiger partial charge in [0.05, 0.1) is 0 Å². The van der Waals surface area contributed by atoms with Crippen LogP contribution in [0.3, 0.4) is 0 Å². The third-order valence-corrected chi connectivity index (χ3v) is 4.54. The van der Waals surface area contributed by atoms with Gasteiger partial charge in [0.2, 0.25) is 0 Å². The molecule has 0 atom stereocenters. The Kier molecular flexibility index (Phi) is 7.71. The van der Waals surface area contributed by atoms with Crippen LogP contribution in [0.25, 0.3) is 0 Å². The molecule has 0 bridgehead atoms. The van der Waals surface area contributed by atoms with E-state index in [0.29, 0.717) is 0 Å². The van der Waals surface area contributed by atoms with E-state index < -0.39 is 0 Å². The summed E-state index contributed by atoms with van der Waals surface area (Å²) < 4.78 is 13.3. The predicted octanol–water partition coefficient (Wildman–Crippen LogP) is 8.48. The van der Waals surface area contributed by atoms with Crippen LogP contribution in [-0.2, 0) is 0 Å². The van der Waals surface area contributed by atoms with Crippen molar-refractivity contribution in [1.29, 1.82) is 0 Å². The van der Waals surface area contributed by atoms with Crippen LogP contribution in [-0.4, -0.2) is 0 Å². The third-order valence-electron chi connectivity index (χ3n) is 3.55. The van der Waals surface area contributed by atoms with E-state index in [9.17, 15) is 0 Å². The molecule has 4 aromatic rings. The molecule has 0 unspecified atom stereocenters. The van der Waals surface area contributed by atoms with Gasteiger partial charge < -0.3 is 9.47 Å². The summed E-state index contributed by atoms with van der Waals surface area (Å²) in [6, 6.07) is 35.0. The molecule has 0 aliphatic rings. The Balaban J connectivity index is 0.000000161. The van der Waals surface area contributed by atoms with E-state index in [4.69, 9.17) is 9.47 Å². The van der Waals surface area contributed by atoms with E-state index in [0.717, 1.165) is 31.9 Å². The van der Waals surface area contributed by atoms with Crippen LogP contribution >= 0.6 is 31.9 Å². The molecule has 0 heterocycles. The first-order chi connectivity index (χ1) is 13.7. The Morgan fingerprint density at radius 3 is 1.11 bits per heavy atom. The zero-order valence-electron chi connectivity index (χ0n) is 15.0. The molecule has 2 nitrogen and oxygen atoms in total. The van der Waals surface area contributed by atoms with Crippen molar-refractivity contribution in [3.63, 3.8) is 0 Å². The second-order valence-electron chi connectivity index (χ2n) is 5.74. The predicted molar refractivity (Wildman–Crippen MR) is 121 cm³/mol. The minimum Gasteiger partial charge on any atom is -0.457 e. The summed E-state index contributed by atoms with van der Waals surface area (Å²) in [5.74, 6) is 3.38. The van der Waals surface area contributed by atoms with Crippen molar-refractivity contribution in [3.05, 3.63) is 118 Å². The molecule has 0 fully saturated rings. The molecule has 4 heteroatoms. The summed E-state index contributed by atoms with van der Waals surface area (Å²) in [7, 11) is 0. The zero-order chi connectivity index (χ0) is 19.6. The number of hydrogen-bond acceptors (Lipinski definition) is 2. The summed E-state index contributed by atoms with van der Waals surface area (Å²) in [6.45, 7) is 0. The van der Waals surface area contributed by atoms with Crippen molar-refractivity contribution in [1.82, 2.24) is 0 Å². The Morgan fingerprint density at radius 1 is 0.393 bits per heavy atom. The maximum absolute atomic E-state index is 5.63. The molecule has 0 saturated carbocycles. The third kappa shape index (κ3) is 6.87. The van der Waals surface area contributed by atoms with Crippen molar-refractivity contribution >= 4 is 31.9 Å². The standard InChI is InChI=1S/2C12H9BrO/c2*13-10-5-4-8-12(9-10)14-11-6-2-1-3-7-11/h2*1-9H. The smallest absolute Gasteiger partial charge is 0.128 e. The lowest BCUT2D eigenvalue weighted by atomic mass is 10.3. The lowest BCUT2D eigenvalue weighted by molar-refractivity contribution is 0.482. The van der Waals surface area contributed by atoms with Gasteiger partial charge in [-0.25, -0.2) is 0 Å². The Hall–Kier alpha value is -2.56. The average molecular weight is 498 g/mol. The van der Waals surface area contributed by atoms with E-state index in [1.165, 1.54) is 0 Å². The van der Waals surface area contributed by atoms with Gasteiger partial charge in [-0.1, -0.05) is 80.4 Å². The van der Waals surface area contributed by atoms with Crippen LogP contribution in [0.2, 0.25) is 0 Å². The van der Waals surface area contributed by atoms with Gasteiger partial charge in [0.15, 0.2) is 0 Å². The van der Waals surface area contributed by atoms with Crippen LogP contribution in [0.5, 0.6) is 23.0 Å². The first kappa shape index (κ1) is 20.2. The summed E-state index contributed by atoms with van der Waals surface area (Å²) in [6.07, 6.45) is 0. The highest BCUT2D eigenvalue weighted by Gasteiger charge is 1.96. The molecular formula is C24H18Br2O2. The number of ether oxygens (including phenoxy) is 2. The van der Waals surface area contributed by atoms with Gasteiger partial charge >= 0.3 is 0 Å². The van der Waals surface area contributed by atoms with E-state index in [2.05, 4.69) is 31.9 Å². The Labute approximate surface area is 182 Å². The molecule has 0 spiro atoms. The number of halogens is 2. The van der Waals surface area contributed by atoms with Crippen LogP contribution < -0.4 is 9.47 Å². The van der Waals surface area contributed by atoms with Gasteiger partial charge in [0.1, 0.15) is 23.0 Å². The van der Waals surface area contributed by atoms with Crippen LogP contribution in [0.4, 0.5) is 0 Å². The summed E-state index contributed by atoms with van der Waals surface area (Å²) >= 11 is 6.79. The Morgan fingerprint density at radius 2 is 0.750 bits per heavy atom. The van der Waals surface area contributed by atoms with E-state index in [1.807, 2.05) is 109 Å². The summed E-state index contributed by atoms with van der Waals surface area (Å²) in [5.41, 5.74) is 0. The highest BCUT2D eigenvalue weighted by atomic mass is 79.9. The maximum Gasteiger partial charge on any atom is 0.128 e. The van der Waals surface area contributed by atoms with Crippen LogP contribution in [0.1, 0.15) is 0 Å². The minimum absolute atomic E-state index is 0.838. The van der Waals surface area contributed by atoms with Gasteiger partial charge in [-0.05, 0) is 60.7 Å². The quantitative estimate of drug-likeness (QED) is 0.281. The van der Waals surface area contributed by atoms with Crippen molar-refractivity contribution in [3.8, 4) is 23.0 Å².